The summed E-state index contributed by atoms with van der Waals surface area (Å²) in [5, 5.41) is 10.6. The second-order valence-corrected chi connectivity index (χ2v) is 30.4. The molecule has 0 rings (SSSR count). The van der Waals surface area contributed by atoms with Crippen LogP contribution >= 0.6 is 15.6 Å². The van der Waals surface area contributed by atoms with Gasteiger partial charge in [-0.25, -0.2) is 9.13 Å². The van der Waals surface area contributed by atoms with Crippen LogP contribution in [0.25, 0.3) is 0 Å². The molecule has 534 valence electrons. The molecule has 0 aromatic heterocycles. The SMILES string of the molecule is CC(C)CCCCCCCCCCCCCCCC(=O)OC[C@H](COP(=O)(O)OC[C@@H](O)COP(=O)(O)OC[C@@H](COC(=O)CCCCCCCCC(C)C)OC(=O)CCCCCCCCCCCCCC(C)C)OC(=O)CCCCCCCCCCC(C)C. The maximum atomic E-state index is 13.0. The van der Waals surface area contributed by atoms with E-state index in [0.29, 0.717) is 31.6 Å². The van der Waals surface area contributed by atoms with Gasteiger partial charge in [-0.1, -0.05) is 299 Å². The zero-order valence-corrected chi connectivity index (χ0v) is 60.6. The Morgan fingerprint density at radius 3 is 0.689 bits per heavy atom. The number of esters is 4. The summed E-state index contributed by atoms with van der Waals surface area (Å²) in [6, 6.07) is 0. The van der Waals surface area contributed by atoms with Crippen LogP contribution in [0.15, 0.2) is 0 Å². The van der Waals surface area contributed by atoms with E-state index in [1.165, 1.54) is 148 Å². The molecule has 17 nitrogen and oxygen atoms in total. The molecule has 0 aliphatic rings. The van der Waals surface area contributed by atoms with E-state index in [9.17, 15) is 43.2 Å². The van der Waals surface area contributed by atoms with Crippen molar-refractivity contribution in [3.63, 3.8) is 0 Å². The van der Waals surface area contributed by atoms with Gasteiger partial charge in [0.05, 0.1) is 26.4 Å². The Morgan fingerprint density at radius 2 is 0.467 bits per heavy atom. The summed E-state index contributed by atoms with van der Waals surface area (Å²) in [6.07, 6.45) is 43.2. The molecule has 0 aliphatic carbocycles. The molecular formula is C71H138O17P2. The molecule has 0 fully saturated rings. The van der Waals surface area contributed by atoms with Gasteiger partial charge in [-0.3, -0.25) is 37.3 Å². The number of ether oxygens (including phenoxy) is 4. The van der Waals surface area contributed by atoms with Gasteiger partial charge in [-0.15, -0.1) is 0 Å². The molecular weight excluding hydrogens is 1190 g/mol. The lowest BCUT2D eigenvalue weighted by Gasteiger charge is -2.21. The van der Waals surface area contributed by atoms with Crippen molar-refractivity contribution in [1.82, 2.24) is 0 Å². The molecule has 3 N–H and O–H groups in total. The van der Waals surface area contributed by atoms with Gasteiger partial charge in [0.15, 0.2) is 12.2 Å². The summed E-state index contributed by atoms with van der Waals surface area (Å²) in [5.74, 6) is 0.823. The van der Waals surface area contributed by atoms with Crippen molar-refractivity contribution < 1.29 is 80.2 Å². The highest BCUT2D eigenvalue weighted by molar-refractivity contribution is 7.47. The molecule has 0 saturated heterocycles. The lowest BCUT2D eigenvalue weighted by Crippen LogP contribution is -2.30. The molecule has 5 atom stereocenters. The summed E-state index contributed by atoms with van der Waals surface area (Å²) in [5.41, 5.74) is 0. The quantitative estimate of drug-likeness (QED) is 0.0222. The largest absolute Gasteiger partial charge is 0.472 e. The Morgan fingerprint density at radius 1 is 0.278 bits per heavy atom. The van der Waals surface area contributed by atoms with Crippen molar-refractivity contribution in [2.45, 2.75) is 369 Å². The highest BCUT2D eigenvalue weighted by Crippen LogP contribution is 2.45. The molecule has 0 bridgehead atoms. The molecule has 0 heterocycles. The maximum absolute atomic E-state index is 13.0. The van der Waals surface area contributed by atoms with E-state index in [-0.39, 0.29) is 25.7 Å². The first-order valence-corrected chi connectivity index (χ1v) is 39.7. The van der Waals surface area contributed by atoms with Crippen LogP contribution in [-0.2, 0) is 65.4 Å². The third-order valence-electron chi connectivity index (χ3n) is 16.3. The van der Waals surface area contributed by atoms with E-state index >= 15 is 0 Å². The number of aliphatic hydroxyl groups excluding tert-OH is 1. The van der Waals surface area contributed by atoms with E-state index in [1.807, 2.05) is 0 Å². The summed E-state index contributed by atoms with van der Waals surface area (Å²) in [7, 11) is -9.90. The van der Waals surface area contributed by atoms with Crippen LogP contribution in [0.1, 0.15) is 351 Å². The van der Waals surface area contributed by atoms with Gasteiger partial charge in [0.2, 0.25) is 0 Å². The second kappa shape index (κ2) is 60.7. The van der Waals surface area contributed by atoms with Gasteiger partial charge in [0.25, 0.3) is 0 Å². The first-order chi connectivity index (χ1) is 43.1. The highest BCUT2D eigenvalue weighted by atomic mass is 31.2. The fourth-order valence-corrected chi connectivity index (χ4v) is 12.2. The molecule has 0 aromatic rings. The lowest BCUT2D eigenvalue weighted by molar-refractivity contribution is -0.161. The number of phosphoric ester groups is 2. The van der Waals surface area contributed by atoms with E-state index in [4.69, 9.17) is 37.0 Å². The van der Waals surface area contributed by atoms with Crippen LogP contribution in [0.4, 0.5) is 0 Å². The van der Waals surface area contributed by atoms with E-state index in [1.54, 1.807) is 0 Å². The number of phosphoric acid groups is 2. The molecule has 0 amide bonds. The zero-order chi connectivity index (χ0) is 66.8. The van der Waals surface area contributed by atoms with Gasteiger partial charge in [-0.05, 0) is 49.4 Å². The van der Waals surface area contributed by atoms with Crippen molar-refractivity contribution in [3.8, 4) is 0 Å². The van der Waals surface area contributed by atoms with Crippen molar-refractivity contribution in [2.24, 2.45) is 23.7 Å². The van der Waals surface area contributed by atoms with Crippen molar-refractivity contribution >= 4 is 39.5 Å². The third kappa shape index (κ3) is 64.8. The fraction of sp³-hybridized carbons (Fsp3) is 0.944. The highest BCUT2D eigenvalue weighted by Gasteiger charge is 2.30. The normalized spacial score (nSPS) is 14.3. The van der Waals surface area contributed by atoms with Crippen molar-refractivity contribution in [3.05, 3.63) is 0 Å². The average molecular weight is 1330 g/mol. The van der Waals surface area contributed by atoms with Crippen LogP contribution in [0, 0.1) is 23.7 Å². The monoisotopic (exact) mass is 1320 g/mol. The fourth-order valence-electron chi connectivity index (χ4n) is 10.7. The third-order valence-corrected chi connectivity index (χ3v) is 18.2. The number of unbranched alkanes of at least 4 members (excludes halogenated alkanes) is 34. The van der Waals surface area contributed by atoms with Gasteiger partial charge >= 0.3 is 39.5 Å². The minimum Gasteiger partial charge on any atom is -0.462 e. The summed E-state index contributed by atoms with van der Waals surface area (Å²) in [4.78, 5) is 72.5. The molecule has 0 radical (unpaired) electrons. The van der Waals surface area contributed by atoms with Crippen LogP contribution in [0.5, 0.6) is 0 Å². The minimum atomic E-state index is -4.95. The Balaban J connectivity index is 5.22. The first-order valence-electron chi connectivity index (χ1n) is 36.7. The number of hydrogen-bond acceptors (Lipinski definition) is 15. The smallest absolute Gasteiger partial charge is 0.462 e. The van der Waals surface area contributed by atoms with Crippen LogP contribution in [0.2, 0.25) is 0 Å². The first kappa shape index (κ1) is 88.1. The number of carbonyl (C=O) groups excluding carboxylic acids is 4. The number of hydrogen-bond donors (Lipinski definition) is 3. The van der Waals surface area contributed by atoms with Gasteiger partial charge < -0.3 is 33.8 Å². The van der Waals surface area contributed by atoms with Gasteiger partial charge in [-0.2, -0.15) is 0 Å². The van der Waals surface area contributed by atoms with Gasteiger partial charge in [0.1, 0.15) is 19.3 Å². The molecule has 19 heteroatoms. The predicted molar refractivity (Wildman–Crippen MR) is 363 cm³/mol. The van der Waals surface area contributed by atoms with E-state index in [0.717, 1.165) is 114 Å². The Labute approximate surface area is 549 Å². The van der Waals surface area contributed by atoms with E-state index < -0.39 is 97.5 Å². The van der Waals surface area contributed by atoms with Crippen molar-refractivity contribution in [2.75, 3.05) is 39.6 Å². The molecule has 0 aliphatic heterocycles. The summed E-state index contributed by atoms with van der Waals surface area (Å²) in [6.45, 7) is 14.1. The maximum Gasteiger partial charge on any atom is 0.472 e. The number of aliphatic hydroxyl groups is 1. The Kier molecular flexibility index (Phi) is 59.4. The molecule has 0 saturated carbocycles. The molecule has 2 unspecified atom stereocenters. The topological polar surface area (TPSA) is 237 Å². The molecule has 90 heavy (non-hydrogen) atoms. The van der Waals surface area contributed by atoms with Crippen LogP contribution in [0.3, 0.4) is 0 Å². The average Bonchev–Trinajstić information content (AvgIpc) is 3.18. The van der Waals surface area contributed by atoms with E-state index in [2.05, 4.69) is 55.4 Å². The summed E-state index contributed by atoms with van der Waals surface area (Å²) < 4.78 is 68.3. The zero-order valence-electron chi connectivity index (χ0n) is 58.8. The second-order valence-electron chi connectivity index (χ2n) is 27.5. The minimum absolute atomic E-state index is 0.104. The lowest BCUT2D eigenvalue weighted by atomic mass is 10.0. The Hall–Kier alpha value is -1.94. The standard InChI is InChI=1S/C71H138O17P2/c1-61(2)47-39-31-23-17-13-10-9-11-15-19-26-35-43-51-68(73)81-57-66(88-71(76)54-46-38-28-22-21-25-33-41-49-63(5)6)59-85-89(77,78)83-55-65(72)56-84-90(79,80)86-60-67(58-82-69(74)52-44-36-30-29-34-42-50-64(7)8)87-70(75)53-45-37-27-20-16-12-14-18-24-32-40-48-62(3)4/h61-67,72H,9-60H2,1-8H3,(H,77,78)(H,79,80)/t65-,66-,67-/m1/s1. The Bertz CT molecular complexity index is 1780. The van der Waals surface area contributed by atoms with Crippen LogP contribution in [-0.4, -0.2) is 96.7 Å². The number of carbonyl (C=O) groups is 4. The molecule has 0 spiro atoms. The van der Waals surface area contributed by atoms with Crippen molar-refractivity contribution in [1.29, 1.82) is 0 Å². The summed E-state index contributed by atoms with van der Waals surface area (Å²) >= 11 is 0. The van der Waals surface area contributed by atoms with Crippen LogP contribution < -0.4 is 0 Å². The van der Waals surface area contributed by atoms with Gasteiger partial charge in [0, 0.05) is 25.7 Å². The molecule has 0 aromatic carbocycles. The number of rotatable bonds is 68. The predicted octanol–water partition coefficient (Wildman–Crippen LogP) is 20.1.